The quantitative estimate of drug-likeness (QED) is 0.334. The molecule has 3 aromatic carbocycles. The van der Waals surface area contributed by atoms with Gasteiger partial charge < -0.3 is 4.57 Å². The Morgan fingerprint density at radius 2 is 1.45 bits per heavy atom. The van der Waals surface area contributed by atoms with E-state index >= 15 is 0 Å². The van der Waals surface area contributed by atoms with Crippen LogP contribution in [0, 0.1) is 16.0 Å². The number of rotatable bonds is 3. The first-order valence-electron chi connectivity index (χ1n) is 11.4. The topological polar surface area (TPSA) is 65.1 Å². The molecule has 1 saturated carbocycles. The van der Waals surface area contributed by atoms with Gasteiger partial charge in [0.05, 0.1) is 11.8 Å². The molecule has 5 nitrogen and oxygen atoms in total. The number of Topliss-reactive ketones (excluding diaryl/α,β-unsaturated/α-hetero) is 1. The van der Waals surface area contributed by atoms with E-state index in [1.165, 1.54) is 0 Å². The predicted octanol–water partition coefficient (Wildman–Crippen LogP) is 5.04. The molecule has 6 rings (SSSR count). The maximum atomic E-state index is 14.2. The summed E-state index contributed by atoms with van der Waals surface area (Å²) in [6.45, 7) is 0. The van der Waals surface area contributed by atoms with Gasteiger partial charge in [0.25, 0.3) is 0 Å². The van der Waals surface area contributed by atoms with Crippen molar-refractivity contribution in [1.82, 2.24) is 4.57 Å². The van der Waals surface area contributed by atoms with Crippen LogP contribution in [0.15, 0.2) is 84.9 Å². The monoisotopic (exact) mass is 436 g/mol. The van der Waals surface area contributed by atoms with Crippen LogP contribution in [0.4, 0.5) is 0 Å². The largest absolute Gasteiger partial charge is 0.347 e. The maximum absolute atomic E-state index is 14.2. The minimum atomic E-state index is -0.958. The van der Waals surface area contributed by atoms with Crippen molar-refractivity contribution >= 4 is 16.7 Å². The van der Waals surface area contributed by atoms with Crippen LogP contribution in [0.3, 0.4) is 0 Å². The number of aromatic nitrogens is 1. The highest BCUT2D eigenvalue weighted by Gasteiger charge is 2.64. The molecule has 0 saturated heterocycles. The Hall–Kier alpha value is -3.73. The molecule has 33 heavy (non-hydrogen) atoms. The van der Waals surface area contributed by atoms with E-state index in [0.717, 1.165) is 33.3 Å². The van der Waals surface area contributed by atoms with Crippen LogP contribution in [0.25, 0.3) is 10.9 Å². The fourth-order valence-corrected chi connectivity index (χ4v) is 6.68. The number of carbonyl (C=O) groups excluding carboxylic acids is 1. The zero-order valence-corrected chi connectivity index (χ0v) is 18.3. The molecule has 2 unspecified atom stereocenters. The van der Waals surface area contributed by atoms with E-state index in [-0.39, 0.29) is 29.0 Å². The number of aryl methyl sites for hydroxylation is 1. The molecule has 5 heteroatoms. The van der Waals surface area contributed by atoms with Crippen molar-refractivity contribution in [2.45, 2.75) is 30.2 Å². The van der Waals surface area contributed by atoms with Crippen LogP contribution in [0.1, 0.15) is 34.7 Å². The average Bonchev–Trinajstić information content (AvgIpc) is 3.31. The van der Waals surface area contributed by atoms with Crippen molar-refractivity contribution in [2.75, 3.05) is 0 Å². The Kier molecular flexibility index (Phi) is 4.31. The molecular weight excluding hydrogens is 412 g/mol. The highest BCUT2D eigenvalue weighted by molar-refractivity contribution is 6.00. The molecule has 164 valence electrons. The molecule has 2 aliphatic rings. The lowest BCUT2D eigenvalue weighted by Gasteiger charge is -2.40. The van der Waals surface area contributed by atoms with E-state index in [0.29, 0.717) is 6.42 Å². The second-order valence-electron chi connectivity index (χ2n) is 9.30. The van der Waals surface area contributed by atoms with Gasteiger partial charge >= 0.3 is 0 Å². The third-order valence-electron chi connectivity index (χ3n) is 7.96. The smallest absolute Gasteiger partial charge is 0.222 e. The van der Waals surface area contributed by atoms with E-state index in [1.54, 1.807) is 0 Å². The van der Waals surface area contributed by atoms with Gasteiger partial charge in [0.2, 0.25) is 6.04 Å². The zero-order valence-electron chi connectivity index (χ0n) is 18.3. The fraction of sp³-hybridized carbons (Fsp3) is 0.250. The van der Waals surface area contributed by atoms with E-state index in [2.05, 4.69) is 16.7 Å². The maximum Gasteiger partial charge on any atom is 0.222 e. The summed E-state index contributed by atoms with van der Waals surface area (Å²) in [5.41, 5.74) is 4.01. The number of hydrogen-bond donors (Lipinski definition) is 0. The molecule has 3 atom stereocenters. The first-order chi connectivity index (χ1) is 16.0. The van der Waals surface area contributed by atoms with Crippen LogP contribution in [-0.4, -0.2) is 21.3 Å². The van der Waals surface area contributed by atoms with Gasteiger partial charge in [-0.15, -0.1) is 0 Å². The summed E-state index contributed by atoms with van der Waals surface area (Å²) in [7, 11) is 1.99. The number of hydrogen-bond acceptors (Lipinski definition) is 3. The minimum absolute atomic E-state index is 0.0718. The van der Waals surface area contributed by atoms with Crippen LogP contribution >= 0.6 is 0 Å². The summed E-state index contributed by atoms with van der Waals surface area (Å²) in [5.74, 6) is -0.589. The Balaban J connectivity index is 1.75. The average molecular weight is 437 g/mol. The highest BCUT2D eigenvalue weighted by Crippen LogP contribution is 2.61. The predicted molar refractivity (Wildman–Crippen MR) is 127 cm³/mol. The summed E-state index contributed by atoms with van der Waals surface area (Å²) >= 11 is 0. The molecule has 0 amide bonds. The SMILES string of the molecule is Cn1c2c(c3ccccc31)C1[C@H](CC(=O)C1(c1ccccc1)c1ccccc1)C([N+](=O)[O-])C2. The fourth-order valence-electron chi connectivity index (χ4n) is 6.68. The van der Waals surface area contributed by atoms with E-state index in [4.69, 9.17) is 0 Å². The number of benzene rings is 3. The highest BCUT2D eigenvalue weighted by atomic mass is 16.6. The molecule has 0 radical (unpaired) electrons. The molecule has 0 bridgehead atoms. The third kappa shape index (κ3) is 2.56. The first-order valence-corrected chi connectivity index (χ1v) is 11.4. The Morgan fingerprint density at radius 3 is 2.06 bits per heavy atom. The lowest BCUT2D eigenvalue weighted by atomic mass is 9.60. The third-order valence-corrected chi connectivity index (χ3v) is 7.96. The van der Waals surface area contributed by atoms with Crippen LogP contribution in [-0.2, 0) is 23.7 Å². The molecule has 0 spiro atoms. The molecule has 1 aromatic heterocycles. The standard InChI is InChI=1S/C28H24N2O3/c1-29-22-15-9-8-14-20(22)26-24(29)17-23(30(32)33)21-16-25(31)28(27(21)26,18-10-4-2-5-11-18)19-12-6-3-7-13-19/h2-15,21,23,27H,16-17H2,1H3/t21-,23?,27?/m1/s1. The number of nitro groups is 1. The number of para-hydroxylation sites is 1. The van der Waals surface area contributed by atoms with E-state index in [1.807, 2.05) is 79.8 Å². The second kappa shape index (κ2) is 7.14. The molecule has 2 aliphatic carbocycles. The van der Waals surface area contributed by atoms with Crippen LogP contribution < -0.4 is 0 Å². The Bertz CT molecular complexity index is 1350. The van der Waals surface area contributed by atoms with Gasteiger partial charge in [0, 0.05) is 46.8 Å². The summed E-state index contributed by atoms with van der Waals surface area (Å²) < 4.78 is 2.10. The first kappa shape index (κ1) is 19.9. The molecule has 1 fully saturated rings. The van der Waals surface area contributed by atoms with Gasteiger partial charge in [0.15, 0.2) is 0 Å². The summed E-state index contributed by atoms with van der Waals surface area (Å²) in [6, 6.07) is 27.1. The molecule has 0 aliphatic heterocycles. The van der Waals surface area contributed by atoms with E-state index in [9.17, 15) is 14.9 Å². The number of fused-ring (bicyclic) bond motifs is 5. The lowest BCUT2D eigenvalue weighted by molar-refractivity contribution is -0.533. The lowest BCUT2D eigenvalue weighted by Crippen LogP contribution is -2.44. The normalized spacial score (nSPS) is 23.3. The molecule has 4 aromatic rings. The molecule has 0 N–H and O–H groups in total. The van der Waals surface area contributed by atoms with Crippen molar-refractivity contribution in [2.24, 2.45) is 13.0 Å². The van der Waals surface area contributed by atoms with E-state index < -0.39 is 11.5 Å². The Labute approximate surface area is 191 Å². The summed E-state index contributed by atoms with van der Waals surface area (Å²) in [6.07, 6.45) is 0.560. The number of ketones is 1. The van der Waals surface area contributed by atoms with Gasteiger partial charge in [-0.05, 0) is 22.8 Å². The van der Waals surface area contributed by atoms with Gasteiger partial charge in [-0.1, -0.05) is 78.9 Å². The Morgan fingerprint density at radius 1 is 0.879 bits per heavy atom. The van der Waals surface area contributed by atoms with Gasteiger partial charge in [-0.25, -0.2) is 0 Å². The zero-order chi connectivity index (χ0) is 22.7. The number of carbonyl (C=O) groups is 1. The number of nitrogens with zero attached hydrogens (tertiary/aromatic N) is 2. The summed E-state index contributed by atoms with van der Waals surface area (Å²) in [4.78, 5) is 26.3. The second-order valence-corrected chi connectivity index (χ2v) is 9.30. The minimum Gasteiger partial charge on any atom is -0.347 e. The van der Waals surface area contributed by atoms with Crippen molar-refractivity contribution in [3.05, 3.63) is 117 Å². The van der Waals surface area contributed by atoms with Crippen molar-refractivity contribution in [1.29, 1.82) is 0 Å². The molecule has 1 heterocycles. The van der Waals surface area contributed by atoms with Crippen LogP contribution in [0.5, 0.6) is 0 Å². The van der Waals surface area contributed by atoms with Crippen molar-refractivity contribution in [3.8, 4) is 0 Å². The van der Waals surface area contributed by atoms with Crippen LogP contribution in [0.2, 0.25) is 0 Å². The summed E-state index contributed by atoms with van der Waals surface area (Å²) in [5, 5.41) is 13.4. The van der Waals surface area contributed by atoms with Gasteiger partial charge in [-0.3, -0.25) is 14.9 Å². The van der Waals surface area contributed by atoms with Crippen molar-refractivity contribution in [3.63, 3.8) is 0 Å². The molecular formula is C28H24N2O3. The van der Waals surface area contributed by atoms with Crippen molar-refractivity contribution < 1.29 is 9.72 Å². The van der Waals surface area contributed by atoms with Gasteiger partial charge in [-0.2, -0.15) is 0 Å². The van der Waals surface area contributed by atoms with Gasteiger partial charge in [0.1, 0.15) is 5.78 Å².